The third-order valence-electron chi connectivity index (χ3n) is 3.99. The number of carbonyl (C=O) groups is 1. The van der Waals surface area contributed by atoms with Gasteiger partial charge in [0.05, 0.1) is 4.92 Å². The Balaban J connectivity index is 1.84. The molecule has 0 radical (unpaired) electrons. The van der Waals surface area contributed by atoms with E-state index >= 15 is 0 Å². The number of hydrogen-bond donors (Lipinski definition) is 0. The van der Waals surface area contributed by atoms with Crippen LogP contribution in [0.5, 0.6) is 0 Å². The molecular weight excluding hydrogens is 340 g/mol. The summed E-state index contributed by atoms with van der Waals surface area (Å²) in [5, 5.41) is 13.3. The Morgan fingerprint density at radius 3 is 2.52 bits per heavy atom. The Morgan fingerprint density at radius 2 is 1.80 bits per heavy atom. The minimum absolute atomic E-state index is 0.0500. The normalized spacial score (nSPS) is 10.6. The maximum absolute atomic E-state index is 12.7. The third kappa shape index (κ3) is 3.61. The van der Waals surface area contributed by atoms with Crippen LogP contribution in [0.1, 0.15) is 15.9 Å². The van der Waals surface area contributed by atoms with Gasteiger partial charge in [0, 0.05) is 36.3 Å². The molecule has 6 heteroatoms. The molecule has 0 aliphatic rings. The number of hydrogen-bond acceptors (Lipinski definition) is 3. The predicted molar refractivity (Wildman–Crippen MR) is 97.9 cm³/mol. The minimum Gasteiger partial charge on any atom is -0.337 e. The fraction of sp³-hybridized carbons (Fsp3) is 0.105. The lowest BCUT2D eigenvalue weighted by atomic mass is 10.1. The quantitative estimate of drug-likeness (QED) is 0.505. The molecule has 0 saturated heterocycles. The Labute approximate surface area is 149 Å². The first-order valence-electron chi connectivity index (χ1n) is 7.63. The average molecular weight is 355 g/mol. The molecule has 0 saturated carbocycles. The van der Waals surface area contributed by atoms with Gasteiger partial charge in [-0.05, 0) is 34.5 Å². The number of fused-ring (bicyclic) bond motifs is 1. The second-order valence-corrected chi connectivity index (χ2v) is 6.16. The molecule has 0 aliphatic carbocycles. The fourth-order valence-electron chi connectivity index (χ4n) is 2.67. The molecule has 3 aromatic rings. The van der Waals surface area contributed by atoms with Crippen molar-refractivity contribution in [2.24, 2.45) is 0 Å². The van der Waals surface area contributed by atoms with Crippen LogP contribution in [0.4, 0.5) is 5.69 Å². The Bertz CT molecular complexity index is 972. The number of nitrogens with zero attached hydrogens (tertiary/aromatic N) is 2. The lowest BCUT2D eigenvalue weighted by Gasteiger charge is -2.18. The molecule has 0 fully saturated rings. The van der Waals surface area contributed by atoms with Gasteiger partial charge in [0.25, 0.3) is 11.6 Å². The summed E-state index contributed by atoms with van der Waals surface area (Å²) in [6, 6.07) is 17.5. The molecule has 0 bridgehead atoms. The van der Waals surface area contributed by atoms with Gasteiger partial charge in [-0.15, -0.1) is 0 Å². The first kappa shape index (κ1) is 16.9. The van der Waals surface area contributed by atoms with Crippen molar-refractivity contribution in [2.45, 2.75) is 6.54 Å². The summed E-state index contributed by atoms with van der Waals surface area (Å²) in [7, 11) is 1.65. The van der Waals surface area contributed by atoms with Crippen molar-refractivity contribution in [2.75, 3.05) is 7.05 Å². The van der Waals surface area contributed by atoms with Gasteiger partial charge in [-0.3, -0.25) is 14.9 Å². The van der Waals surface area contributed by atoms with Crippen LogP contribution >= 0.6 is 11.6 Å². The molecule has 1 amide bonds. The van der Waals surface area contributed by atoms with E-state index in [1.54, 1.807) is 13.1 Å². The number of nitro groups is 1. The maximum Gasteiger partial charge on any atom is 0.269 e. The summed E-state index contributed by atoms with van der Waals surface area (Å²) >= 11 is 6.11. The van der Waals surface area contributed by atoms with E-state index in [9.17, 15) is 14.9 Å². The second-order valence-electron chi connectivity index (χ2n) is 5.76. The third-order valence-corrected chi connectivity index (χ3v) is 4.36. The summed E-state index contributed by atoms with van der Waals surface area (Å²) in [4.78, 5) is 24.6. The number of halogens is 1. The standard InChI is InChI=1S/C19H15ClN2O3/c1-21(12-16-11-17(22(24)25)8-9-18(16)20)19(23)15-7-6-13-4-2-3-5-14(13)10-15/h2-11H,12H2,1H3. The highest BCUT2D eigenvalue weighted by Crippen LogP contribution is 2.24. The zero-order chi connectivity index (χ0) is 18.0. The second kappa shape index (κ2) is 6.91. The van der Waals surface area contributed by atoms with Crippen LogP contribution in [0, 0.1) is 10.1 Å². The number of carbonyl (C=O) groups excluding carboxylic acids is 1. The van der Waals surface area contributed by atoms with Crippen LogP contribution in [0.2, 0.25) is 5.02 Å². The summed E-state index contributed by atoms with van der Waals surface area (Å²) in [6.45, 7) is 0.187. The molecule has 0 aromatic heterocycles. The van der Waals surface area contributed by atoms with E-state index in [0.717, 1.165) is 10.8 Å². The van der Waals surface area contributed by atoms with Crippen molar-refractivity contribution in [3.05, 3.63) is 86.9 Å². The van der Waals surface area contributed by atoms with E-state index in [-0.39, 0.29) is 18.1 Å². The molecule has 0 atom stereocenters. The highest BCUT2D eigenvalue weighted by atomic mass is 35.5. The highest BCUT2D eigenvalue weighted by molar-refractivity contribution is 6.31. The first-order chi connectivity index (χ1) is 12.0. The molecule has 25 heavy (non-hydrogen) atoms. The van der Waals surface area contributed by atoms with E-state index in [2.05, 4.69) is 0 Å². The van der Waals surface area contributed by atoms with Crippen LogP contribution in [-0.2, 0) is 6.54 Å². The Hall–Kier alpha value is -2.92. The van der Waals surface area contributed by atoms with E-state index in [0.29, 0.717) is 16.1 Å². The number of non-ortho nitro benzene ring substituents is 1. The van der Waals surface area contributed by atoms with Gasteiger partial charge in [0.15, 0.2) is 0 Å². The van der Waals surface area contributed by atoms with E-state index in [4.69, 9.17) is 11.6 Å². The van der Waals surface area contributed by atoms with Crippen molar-refractivity contribution in [1.29, 1.82) is 0 Å². The maximum atomic E-state index is 12.7. The summed E-state index contributed by atoms with van der Waals surface area (Å²) in [5.74, 6) is -0.173. The van der Waals surface area contributed by atoms with Crippen molar-refractivity contribution >= 4 is 34.0 Å². The molecule has 0 heterocycles. The van der Waals surface area contributed by atoms with Gasteiger partial charge < -0.3 is 4.90 Å². The zero-order valence-corrected chi connectivity index (χ0v) is 14.2. The molecule has 3 aromatic carbocycles. The van der Waals surface area contributed by atoms with Crippen LogP contribution in [-0.4, -0.2) is 22.8 Å². The summed E-state index contributed by atoms with van der Waals surface area (Å²) in [5.41, 5.74) is 1.04. The molecule has 5 nitrogen and oxygen atoms in total. The molecular formula is C19H15ClN2O3. The number of benzene rings is 3. The predicted octanol–water partition coefficient (Wildman–Crippen LogP) is 4.67. The van der Waals surface area contributed by atoms with Crippen LogP contribution in [0.25, 0.3) is 10.8 Å². The highest BCUT2D eigenvalue weighted by Gasteiger charge is 2.16. The lowest BCUT2D eigenvalue weighted by Crippen LogP contribution is -2.26. The smallest absolute Gasteiger partial charge is 0.269 e. The SMILES string of the molecule is CN(Cc1cc([N+](=O)[O-])ccc1Cl)C(=O)c1ccc2ccccc2c1. The van der Waals surface area contributed by atoms with Crippen molar-refractivity contribution in [3.8, 4) is 0 Å². The van der Waals surface area contributed by atoms with Crippen LogP contribution < -0.4 is 0 Å². The topological polar surface area (TPSA) is 63.4 Å². The Morgan fingerprint density at radius 1 is 1.08 bits per heavy atom. The van der Waals surface area contributed by atoms with Crippen LogP contribution in [0.15, 0.2) is 60.7 Å². The largest absolute Gasteiger partial charge is 0.337 e. The number of nitro benzene ring substituents is 1. The van der Waals surface area contributed by atoms with Crippen molar-refractivity contribution in [1.82, 2.24) is 4.90 Å². The minimum atomic E-state index is -0.481. The van der Waals surface area contributed by atoms with E-state index in [1.165, 1.54) is 23.1 Å². The molecule has 0 aliphatic heterocycles. The van der Waals surface area contributed by atoms with Gasteiger partial charge in [-0.1, -0.05) is 41.9 Å². The van der Waals surface area contributed by atoms with Crippen molar-refractivity contribution < 1.29 is 9.72 Å². The first-order valence-corrected chi connectivity index (χ1v) is 8.00. The fourth-order valence-corrected chi connectivity index (χ4v) is 2.84. The molecule has 0 spiro atoms. The van der Waals surface area contributed by atoms with Gasteiger partial charge in [0.2, 0.25) is 0 Å². The summed E-state index contributed by atoms with van der Waals surface area (Å²) in [6.07, 6.45) is 0. The lowest BCUT2D eigenvalue weighted by molar-refractivity contribution is -0.384. The number of rotatable bonds is 4. The zero-order valence-electron chi connectivity index (χ0n) is 13.5. The van der Waals surface area contributed by atoms with Gasteiger partial charge in [-0.25, -0.2) is 0 Å². The monoisotopic (exact) mass is 354 g/mol. The average Bonchev–Trinajstić information content (AvgIpc) is 2.62. The van der Waals surface area contributed by atoms with E-state index in [1.807, 2.05) is 36.4 Å². The summed E-state index contributed by atoms with van der Waals surface area (Å²) < 4.78 is 0. The van der Waals surface area contributed by atoms with Gasteiger partial charge in [0.1, 0.15) is 0 Å². The number of amides is 1. The van der Waals surface area contributed by atoms with Crippen LogP contribution in [0.3, 0.4) is 0 Å². The van der Waals surface area contributed by atoms with Gasteiger partial charge in [-0.2, -0.15) is 0 Å². The molecule has 126 valence electrons. The molecule has 0 N–H and O–H groups in total. The molecule has 0 unspecified atom stereocenters. The Kier molecular flexibility index (Phi) is 4.67. The van der Waals surface area contributed by atoms with Gasteiger partial charge >= 0.3 is 0 Å². The van der Waals surface area contributed by atoms with Crippen molar-refractivity contribution in [3.63, 3.8) is 0 Å². The van der Waals surface area contributed by atoms with E-state index < -0.39 is 4.92 Å². The molecule has 3 rings (SSSR count).